The Hall–Kier alpha value is -2.23. The van der Waals surface area contributed by atoms with Crippen molar-refractivity contribution in [2.75, 3.05) is 17.7 Å². The molecule has 10 heteroatoms. The first-order chi connectivity index (χ1) is 12.2. The van der Waals surface area contributed by atoms with Gasteiger partial charge in [0.15, 0.2) is 24.1 Å². The van der Waals surface area contributed by atoms with Gasteiger partial charge < -0.3 is 15.0 Å². The summed E-state index contributed by atoms with van der Waals surface area (Å²) in [6.45, 7) is 1.13. The van der Waals surface area contributed by atoms with Crippen molar-refractivity contribution in [1.29, 1.82) is 0 Å². The zero-order valence-corrected chi connectivity index (χ0v) is 14.5. The summed E-state index contributed by atoms with van der Waals surface area (Å²) in [5.41, 5.74) is -0.566. The fourth-order valence-electron chi connectivity index (χ4n) is 3.04. The molecule has 1 aromatic carbocycles. The Balaban J connectivity index is 1.58. The van der Waals surface area contributed by atoms with Gasteiger partial charge >= 0.3 is 5.97 Å². The van der Waals surface area contributed by atoms with E-state index in [1.165, 1.54) is 16.7 Å². The van der Waals surface area contributed by atoms with Crippen LogP contribution < -0.4 is 5.32 Å². The largest absolute Gasteiger partial charge is 0.454 e. The van der Waals surface area contributed by atoms with Crippen LogP contribution in [0.5, 0.6) is 0 Å². The fraction of sp³-hybridized carbons (Fsp3) is 0.438. The number of nitrogens with one attached hydrogen (secondary N) is 1. The van der Waals surface area contributed by atoms with Crippen LogP contribution in [-0.4, -0.2) is 46.0 Å². The number of hydrogen-bond acceptors (Lipinski definition) is 5. The number of esters is 1. The number of rotatable bonds is 4. The Morgan fingerprint density at radius 2 is 2.08 bits per heavy atom. The summed E-state index contributed by atoms with van der Waals surface area (Å²) in [4.78, 5) is 37.0. The van der Waals surface area contributed by atoms with Crippen LogP contribution in [0.3, 0.4) is 0 Å². The van der Waals surface area contributed by atoms with Crippen molar-refractivity contribution in [3.63, 3.8) is 0 Å². The van der Waals surface area contributed by atoms with Gasteiger partial charge in [0.1, 0.15) is 6.04 Å². The predicted octanol–water partition coefficient (Wildman–Crippen LogP) is 2.04. The van der Waals surface area contributed by atoms with Crippen LogP contribution in [0.25, 0.3) is 0 Å². The van der Waals surface area contributed by atoms with Crippen molar-refractivity contribution in [1.82, 2.24) is 4.90 Å². The third-order valence-electron chi connectivity index (χ3n) is 4.37. The molecule has 3 rings (SSSR count). The molecule has 140 valence electrons. The van der Waals surface area contributed by atoms with Crippen molar-refractivity contribution in [3.8, 4) is 0 Å². The molecule has 0 spiro atoms. The first kappa shape index (κ1) is 18.6. The minimum Gasteiger partial charge on any atom is -0.454 e. The topological polar surface area (TPSA) is 75.7 Å². The molecule has 0 unspecified atom stereocenters. The molecule has 2 aliphatic rings. The molecule has 2 amide bonds. The average molecular weight is 388 g/mol. The van der Waals surface area contributed by atoms with E-state index in [9.17, 15) is 27.6 Å². The quantitative estimate of drug-likeness (QED) is 0.631. The molecule has 2 heterocycles. The van der Waals surface area contributed by atoms with Crippen LogP contribution in [0.15, 0.2) is 12.1 Å². The van der Waals surface area contributed by atoms with E-state index in [1.807, 2.05) is 12.2 Å². The van der Waals surface area contributed by atoms with Crippen LogP contribution in [0, 0.1) is 17.5 Å². The lowest BCUT2D eigenvalue weighted by atomic mass is 10.2. The highest BCUT2D eigenvalue weighted by molar-refractivity contribution is 8.01. The lowest BCUT2D eigenvalue weighted by Gasteiger charge is -2.29. The third kappa shape index (κ3) is 3.25. The molecule has 0 saturated carbocycles. The average Bonchev–Trinajstić information content (AvgIpc) is 3.09. The van der Waals surface area contributed by atoms with Gasteiger partial charge in [-0.3, -0.25) is 9.59 Å². The number of fused-ring (bicyclic) bond motifs is 1. The van der Waals surface area contributed by atoms with E-state index >= 15 is 0 Å². The smallest absolute Gasteiger partial charge is 0.330 e. The Kier molecular flexibility index (Phi) is 4.87. The zero-order valence-electron chi connectivity index (χ0n) is 13.7. The normalized spacial score (nSPS) is 24.5. The number of thioether (sulfide) groups is 1. The van der Waals surface area contributed by atoms with Crippen molar-refractivity contribution in [2.24, 2.45) is 0 Å². The highest BCUT2D eigenvalue weighted by Gasteiger charge is 2.53. The van der Waals surface area contributed by atoms with E-state index in [2.05, 4.69) is 0 Å². The third-order valence-corrected chi connectivity index (χ3v) is 5.88. The zero-order chi connectivity index (χ0) is 19.1. The molecule has 6 nitrogen and oxygen atoms in total. The molecule has 2 saturated heterocycles. The molecule has 1 N–H and O–H groups in total. The Bertz CT molecular complexity index is 791. The number of anilines is 1. The minimum absolute atomic E-state index is 0.146. The second-order valence-corrected chi connectivity index (χ2v) is 7.65. The van der Waals surface area contributed by atoms with Crippen molar-refractivity contribution >= 4 is 35.2 Å². The van der Waals surface area contributed by atoms with E-state index in [0.29, 0.717) is 24.7 Å². The van der Waals surface area contributed by atoms with Crippen LogP contribution in [0.4, 0.5) is 18.9 Å². The van der Waals surface area contributed by atoms with E-state index in [-0.39, 0.29) is 5.91 Å². The van der Waals surface area contributed by atoms with E-state index < -0.39 is 52.5 Å². The molecule has 0 aromatic heterocycles. The lowest BCUT2D eigenvalue weighted by Crippen LogP contribution is -2.47. The van der Waals surface area contributed by atoms with Gasteiger partial charge in [0.05, 0.1) is 10.6 Å². The van der Waals surface area contributed by atoms with Gasteiger partial charge in [0.25, 0.3) is 5.91 Å². The van der Waals surface area contributed by atoms with E-state index in [0.717, 1.165) is 6.07 Å². The summed E-state index contributed by atoms with van der Waals surface area (Å²) in [5, 5.41) is 2.00. The molecule has 2 atom stereocenters. The van der Waals surface area contributed by atoms with Gasteiger partial charge in [-0.25, -0.2) is 18.0 Å². The molecule has 0 radical (unpaired) electrons. The summed E-state index contributed by atoms with van der Waals surface area (Å²) in [6, 6.07) is 0.734. The highest BCUT2D eigenvalue weighted by Crippen LogP contribution is 2.47. The van der Waals surface area contributed by atoms with Gasteiger partial charge in [-0.05, 0) is 25.5 Å². The van der Waals surface area contributed by atoms with Gasteiger partial charge in [-0.15, -0.1) is 11.8 Å². The number of carbonyl (C=O) groups excluding carboxylic acids is 3. The summed E-state index contributed by atoms with van der Waals surface area (Å²) in [6.07, 6.45) is 0.985. The molecule has 0 aliphatic carbocycles. The van der Waals surface area contributed by atoms with Crippen molar-refractivity contribution in [2.45, 2.75) is 30.7 Å². The second-order valence-electron chi connectivity index (χ2n) is 6.14. The summed E-state index contributed by atoms with van der Waals surface area (Å²) in [7, 11) is 0. The lowest BCUT2D eigenvalue weighted by molar-refractivity contribution is -0.155. The number of hydrogen-bond donors (Lipinski definition) is 1. The van der Waals surface area contributed by atoms with Gasteiger partial charge in [0, 0.05) is 12.2 Å². The number of nitrogens with zero attached hydrogens (tertiary/aromatic N) is 1. The maximum absolute atomic E-state index is 13.5. The SMILES string of the molecule is C[C@]12CCC(=O)N1[C@@H](C(=O)OCC(=O)Nc1ccc(F)c(F)c1F)CS2. The van der Waals surface area contributed by atoms with Gasteiger partial charge in [0.2, 0.25) is 5.91 Å². The Labute approximate surface area is 151 Å². The van der Waals surface area contributed by atoms with Crippen molar-refractivity contribution < 1.29 is 32.3 Å². The van der Waals surface area contributed by atoms with Crippen molar-refractivity contribution in [3.05, 3.63) is 29.6 Å². The number of amides is 2. The van der Waals surface area contributed by atoms with Crippen LogP contribution in [-0.2, 0) is 19.1 Å². The molecule has 2 aliphatic heterocycles. The van der Waals surface area contributed by atoms with E-state index in [4.69, 9.17) is 4.74 Å². The number of ether oxygens (including phenoxy) is 1. The molecule has 0 bridgehead atoms. The second kappa shape index (κ2) is 6.82. The fourth-order valence-corrected chi connectivity index (χ4v) is 4.45. The highest BCUT2D eigenvalue weighted by atomic mass is 32.2. The van der Waals surface area contributed by atoms with Crippen LogP contribution >= 0.6 is 11.8 Å². The minimum atomic E-state index is -1.71. The first-order valence-corrected chi connectivity index (χ1v) is 8.77. The maximum atomic E-state index is 13.5. The number of carbonyl (C=O) groups is 3. The van der Waals surface area contributed by atoms with E-state index in [1.54, 1.807) is 0 Å². The monoisotopic (exact) mass is 388 g/mol. The first-order valence-electron chi connectivity index (χ1n) is 7.79. The van der Waals surface area contributed by atoms with Gasteiger partial charge in [-0.1, -0.05) is 0 Å². The molecular weight excluding hydrogens is 373 g/mol. The Morgan fingerprint density at radius 3 is 2.81 bits per heavy atom. The molecule has 26 heavy (non-hydrogen) atoms. The predicted molar refractivity (Wildman–Crippen MR) is 86.6 cm³/mol. The maximum Gasteiger partial charge on any atom is 0.330 e. The number of halogens is 3. The van der Waals surface area contributed by atoms with Crippen LogP contribution in [0.1, 0.15) is 19.8 Å². The number of benzene rings is 1. The summed E-state index contributed by atoms with van der Waals surface area (Å²) >= 11 is 1.47. The standard InChI is InChI=1S/C16H15F3N2O4S/c1-16-5-4-12(23)21(16)10(7-26-16)15(24)25-6-11(22)20-9-3-2-8(17)13(18)14(9)19/h2-3,10H,4-7H2,1H3,(H,20,22)/t10-,16+/m1/s1. The summed E-state index contributed by atoms with van der Waals surface area (Å²) in [5.74, 6) is -6.08. The van der Waals surface area contributed by atoms with Crippen LogP contribution in [0.2, 0.25) is 0 Å². The summed E-state index contributed by atoms with van der Waals surface area (Å²) < 4.78 is 44.4. The molecule has 1 aromatic rings. The van der Waals surface area contributed by atoms with Gasteiger partial charge in [-0.2, -0.15) is 0 Å². The molecular formula is C16H15F3N2O4S. The molecule has 2 fully saturated rings. The Morgan fingerprint density at radius 1 is 1.35 bits per heavy atom.